The summed E-state index contributed by atoms with van der Waals surface area (Å²) in [6, 6.07) is 3.42. The zero-order valence-electron chi connectivity index (χ0n) is 9.50. The van der Waals surface area contributed by atoms with Gasteiger partial charge >= 0.3 is 0 Å². The van der Waals surface area contributed by atoms with Crippen LogP contribution in [0.4, 0.5) is 0 Å². The maximum Gasteiger partial charge on any atom is 0.185 e. The van der Waals surface area contributed by atoms with Crippen LogP contribution in [0.25, 0.3) is 0 Å². The van der Waals surface area contributed by atoms with E-state index in [0.717, 1.165) is 16.6 Å². The zero-order valence-corrected chi connectivity index (χ0v) is 11.1. The van der Waals surface area contributed by atoms with Crippen molar-refractivity contribution in [2.24, 2.45) is 0 Å². The molecule has 4 nitrogen and oxygen atoms in total. The largest absolute Gasteiger partial charge is 0.391 e. The number of carbonyl (C=O) groups is 1. The van der Waals surface area contributed by atoms with Crippen LogP contribution in [0, 0.1) is 0 Å². The molecule has 1 heterocycles. The van der Waals surface area contributed by atoms with Gasteiger partial charge in [-0.1, -0.05) is 11.8 Å². The molecule has 0 aliphatic carbocycles. The molecule has 2 atom stereocenters. The van der Waals surface area contributed by atoms with Crippen molar-refractivity contribution in [2.75, 3.05) is 5.75 Å². The Morgan fingerprint density at radius 1 is 1.47 bits per heavy atom. The van der Waals surface area contributed by atoms with Crippen LogP contribution < -0.4 is 0 Å². The van der Waals surface area contributed by atoms with E-state index in [1.54, 1.807) is 12.1 Å². The van der Waals surface area contributed by atoms with Gasteiger partial charge in [0.1, 0.15) is 6.10 Å². The average Bonchev–Trinajstić information content (AvgIpc) is 2.75. The first-order chi connectivity index (χ1) is 8.04. The Morgan fingerprint density at radius 2 is 2.18 bits per heavy atom. The van der Waals surface area contributed by atoms with Crippen molar-refractivity contribution in [1.82, 2.24) is 0 Å². The average molecular weight is 276 g/mol. The smallest absolute Gasteiger partial charge is 0.185 e. The number of hydrogen-bond acceptors (Lipinski definition) is 6. The Morgan fingerprint density at radius 3 is 2.71 bits per heavy atom. The van der Waals surface area contributed by atoms with Gasteiger partial charge in [-0.3, -0.25) is 4.79 Å². The molecule has 1 aromatic heterocycles. The second-order valence-electron chi connectivity index (χ2n) is 3.60. The molecular weight excluding hydrogens is 260 g/mol. The van der Waals surface area contributed by atoms with E-state index < -0.39 is 12.2 Å². The van der Waals surface area contributed by atoms with Gasteiger partial charge in [0.15, 0.2) is 5.12 Å². The molecule has 1 rings (SSSR count). The molecule has 0 bridgehead atoms. The van der Waals surface area contributed by atoms with E-state index >= 15 is 0 Å². The van der Waals surface area contributed by atoms with Crippen LogP contribution in [0.3, 0.4) is 0 Å². The fraction of sp³-hybridized carbons (Fsp3) is 0.545. The number of aliphatic hydroxyl groups is 3. The summed E-state index contributed by atoms with van der Waals surface area (Å²) in [6.07, 6.45) is -1.47. The molecule has 1 aromatic rings. The summed E-state index contributed by atoms with van der Waals surface area (Å²) in [5.74, 6) is 0.492. The third kappa shape index (κ3) is 4.77. The van der Waals surface area contributed by atoms with E-state index in [9.17, 15) is 15.0 Å². The predicted octanol–water partition coefficient (Wildman–Crippen LogP) is 1.30. The third-order valence-electron chi connectivity index (χ3n) is 2.21. The summed E-state index contributed by atoms with van der Waals surface area (Å²) in [6.45, 7) is 1.41. The summed E-state index contributed by atoms with van der Waals surface area (Å²) >= 11 is 2.41. The SMILES string of the molecule is CC(=O)SCCC(O)C(O)c1ccc(CO)s1. The standard InChI is InChI=1S/C11H16O4S2/c1-7(13)16-5-4-9(14)11(15)10-3-2-8(6-12)17-10/h2-3,9,11-12,14-15H,4-6H2,1H3. The van der Waals surface area contributed by atoms with E-state index in [0.29, 0.717) is 17.1 Å². The molecule has 0 aromatic carbocycles. The Bertz CT molecular complexity index is 364. The van der Waals surface area contributed by atoms with Crippen LogP contribution >= 0.6 is 23.1 Å². The van der Waals surface area contributed by atoms with E-state index in [-0.39, 0.29) is 11.7 Å². The van der Waals surface area contributed by atoms with Crippen molar-refractivity contribution >= 4 is 28.2 Å². The van der Waals surface area contributed by atoms with Gasteiger partial charge in [-0.15, -0.1) is 11.3 Å². The fourth-order valence-electron chi connectivity index (χ4n) is 1.31. The molecule has 6 heteroatoms. The van der Waals surface area contributed by atoms with Crippen LogP contribution in [-0.2, 0) is 11.4 Å². The second-order valence-corrected chi connectivity index (χ2v) is 6.07. The quantitative estimate of drug-likeness (QED) is 0.730. The summed E-state index contributed by atoms with van der Waals surface area (Å²) in [4.78, 5) is 12.1. The molecule has 0 saturated heterocycles. The lowest BCUT2D eigenvalue weighted by molar-refractivity contribution is -0.109. The van der Waals surface area contributed by atoms with Crippen LogP contribution in [0.5, 0.6) is 0 Å². The fourth-order valence-corrected chi connectivity index (χ4v) is 2.87. The van der Waals surface area contributed by atoms with E-state index in [2.05, 4.69) is 0 Å². The van der Waals surface area contributed by atoms with Gasteiger partial charge in [-0.05, 0) is 18.6 Å². The molecule has 96 valence electrons. The van der Waals surface area contributed by atoms with Crippen LogP contribution in [-0.4, -0.2) is 32.3 Å². The number of thioether (sulfide) groups is 1. The number of thiophene rings is 1. The van der Waals surface area contributed by atoms with Crippen molar-refractivity contribution < 1.29 is 20.1 Å². The third-order valence-corrected chi connectivity index (χ3v) is 4.20. The molecule has 0 amide bonds. The molecule has 3 N–H and O–H groups in total. The number of aliphatic hydroxyl groups excluding tert-OH is 3. The molecule has 0 radical (unpaired) electrons. The van der Waals surface area contributed by atoms with Gasteiger partial charge < -0.3 is 15.3 Å². The molecule has 0 fully saturated rings. The Kier molecular flexibility index (Phi) is 6.15. The maximum atomic E-state index is 10.7. The molecule has 0 aliphatic rings. The van der Waals surface area contributed by atoms with Crippen LogP contribution in [0.1, 0.15) is 29.2 Å². The van der Waals surface area contributed by atoms with Crippen molar-refractivity contribution in [3.05, 3.63) is 21.9 Å². The van der Waals surface area contributed by atoms with Crippen molar-refractivity contribution in [2.45, 2.75) is 32.2 Å². The highest BCUT2D eigenvalue weighted by Crippen LogP contribution is 2.27. The van der Waals surface area contributed by atoms with Crippen molar-refractivity contribution in [3.63, 3.8) is 0 Å². The Hall–Kier alpha value is -0.400. The highest BCUT2D eigenvalue weighted by Gasteiger charge is 2.20. The van der Waals surface area contributed by atoms with Gasteiger partial charge in [0.25, 0.3) is 0 Å². The zero-order chi connectivity index (χ0) is 12.8. The number of carbonyl (C=O) groups excluding carboxylic acids is 1. The van der Waals surface area contributed by atoms with E-state index in [1.165, 1.54) is 18.3 Å². The van der Waals surface area contributed by atoms with Crippen LogP contribution in [0.2, 0.25) is 0 Å². The van der Waals surface area contributed by atoms with E-state index in [4.69, 9.17) is 5.11 Å². The molecule has 0 spiro atoms. The first-order valence-corrected chi connectivity index (χ1v) is 7.03. The van der Waals surface area contributed by atoms with Gasteiger partial charge in [0.05, 0.1) is 12.7 Å². The molecule has 2 unspecified atom stereocenters. The molecule has 17 heavy (non-hydrogen) atoms. The number of hydrogen-bond donors (Lipinski definition) is 3. The topological polar surface area (TPSA) is 77.8 Å². The summed E-state index contributed by atoms with van der Waals surface area (Å²) in [5, 5.41) is 28.5. The summed E-state index contributed by atoms with van der Waals surface area (Å²) < 4.78 is 0. The van der Waals surface area contributed by atoms with Gasteiger partial charge in [0.2, 0.25) is 0 Å². The van der Waals surface area contributed by atoms with Gasteiger partial charge in [0, 0.05) is 22.4 Å². The first kappa shape index (κ1) is 14.7. The first-order valence-electron chi connectivity index (χ1n) is 5.23. The lowest BCUT2D eigenvalue weighted by Gasteiger charge is -2.15. The number of rotatable bonds is 6. The predicted molar refractivity (Wildman–Crippen MR) is 69.0 cm³/mol. The van der Waals surface area contributed by atoms with Crippen LogP contribution in [0.15, 0.2) is 12.1 Å². The molecular formula is C11H16O4S2. The van der Waals surface area contributed by atoms with Crippen molar-refractivity contribution in [1.29, 1.82) is 0 Å². The van der Waals surface area contributed by atoms with Gasteiger partial charge in [-0.25, -0.2) is 0 Å². The van der Waals surface area contributed by atoms with Crippen molar-refractivity contribution in [3.8, 4) is 0 Å². The minimum absolute atomic E-state index is 0.00498. The maximum absolute atomic E-state index is 10.7. The normalized spacial score (nSPS) is 14.6. The molecule has 0 saturated carbocycles. The monoisotopic (exact) mass is 276 g/mol. The lowest BCUT2D eigenvalue weighted by atomic mass is 10.1. The highest BCUT2D eigenvalue weighted by molar-refractivity contribution is 8.13. The van der Waals surface area contributed by atoms with E-state index in [1.807, 2.05) is 0 Å². The Balaban J connectivity index is 2.45. The second kappa shape index (κ2) is 7.13. The summed E-state index contributed by atoms with van der Waals surface area (Å²) in [5.41, 5.74) is 0. The Labute approximate surface area is 108 Å². The minimum Gasteiger partial charge on any atom is -0.391 e. The summed E-state index contributed by atoms with van der Waals surface area (Å²) in [7, 11) is 0. The minimum atomic E-state index is -0.951. The molecule has 0 aliphatic heterocycles. The lowest BCUT2D eigenvalue weighted by Crippen LogP contribution is -2.18. The van der Waals surface area contributed by atoms with Gasteiger partial charge in [-0.2, -0.15) is 0 Å². The highest BCUT2D eigenvalue weighted by atomic mass is 32.2.